The minimum absolute atomic E-state index is 0.524. The van der Waals surface area contributed by atoms with Gasteiger partial charge in [-0.2, -0.15) is 4.57 Å². The standard InChI is InChI=1S/C18H20NO/c1-12(2)14-9-10-17-16(11-14)19(4)18(20-17)15-8-6-5-7-13(15)3/h5-12H,1-4H3/q+1. The maximum Gasteiger partial charge on any atom is 0.381 e. The maximum absolute atomic E-state index is 6.06. The van der Waals surface area contributed by atoms with Gasteiger partial charge in [-0.25, -0.2) is 0 Å². The van der Waals surface area contributed by atoms with Gasteiger partial charge >= 0.3 is 5.89 Å². The summed E-state index contributed by atoms with van der Waals surface area (Å²) in [6, 6.07) is 14.8. The van der Waals surface area contributed by atoms with Crippen molar-refractivity contribution in [2.45, 2.75) is 26.7 Å². The maximum atomic E-state index is 6.06. The van der Waals surface area contributed by atoms with Gasteiger partial charge in [0.2, 0.25) is 5.58 Å². The molecule has 0 amide bonds. The van der Waals surface area contributed by atoms with E-state index in [0.717, 1.165) is 22.6 Å². The summed E-state index contributed by atoms with van der Waals surface area (Å²) >= 11 is 0. The zero-order valence-corrected chi connectivity index (χ0v) is 12.5. The Kier molecular flexibility index (Phi) is 3.09. The highest BCUT2D eigenvalue weighted by atomic mass is 16.4. The predicted octanol–water partition coefficient (Wildman–Crippen LogP) is 4.36. The lowest BCUT2D eigenvalue weighted by molar-refractivity contribution is -0.637. The Morgan fingerprint density at radius 1 is 1.05 bits per heavy atom. The van der Waals surface area contributed by atoms with Crippen molar-refractivity contribution in [3.05, 3.63) is 53.6 Å². The fourth-order valence-electron chi connectivity index (χ4n) is 2.57. The summed E-state index contributed by atoms with van der Waals surface area (Å²) in [5.41, 5.74) is 5.80. The van der Waals surface area contributed by atoms with Crippen LogP contribution >= 0.6 is 0 Å². The van der Waals surface area contributed by atoms with Gasteiger partial charge in [-0.1, -0.05) is 38.1 Å². The number of hydrogen-bond acceptors (Lipinski definition) is 1. The summed E-state index contributed by atoms with van der Waals surface area (Å²) in [5.74, 6) is 1.44. The van der Waals surface area contributed by atoms with Crippen molar-refractivity contribution in [3.8, 4) is 11.5 Å². The van der Waals surface area contributed by atoms with Crippen LogP contribution in [0.1, 0.15) is 30.9 Å². The molecule has 0 atom stereocenters. The summed E-state index contributed by atoms with van der Waals surface area (Å²) in [7, 11) is 2.07. The monoisotopic (exact) mass is 266 g/mol. The van der Waals surface area contributed by atoms with Crippen molar-refractivity contribution in [1.29, 1.82) is 0 Å². The smallest absolute Gasteiger partial charge is 0.381 e. The fraction of sp³-hybridized carbons (Fsp3) is 0.278. The molecule has 0 N–H and O–H groups in total. The fourth-order valence-corrected chi connectivity index (χ4v) is 2.57. The highest BCUT2D eigenvalue weighted by molar-refractivity contribution is 5.73. The molecule has 2 nitrogen and oxygen atoms in total. The second-order valence-corrected chi connectivity index (χ2v) is 5.66. The molecule has 0 saturated heterocycles. The molecule has 20 heavy (non-hydrogen) atoms. The van der Waals surface area contributed by atoms with Gasteiger partial charge in [-0.3, -0.25) is 0 Å². The summed E-state index contributed by atoms with van der Waals surface area (Å²) in [5, 5.41) is 0. The first kappa shape index (κ1) is 12.9. The lowest BCUT2D eigenvalue weighted by Crippen LogP contribution is -2.28. The van der Waals surface area contributed by atoms with E-state index in [1.165, 1.54) is 11.1 Å². The van der Waals surface area contributed by atoms with Crippen LogP contribution in [0.15, 0.2) is 46.9 Å². The normalized spacial score (nSPS) is 11.4. The van der Waals surface area contributed by atoms with E-state index in [9.17, 15) is 0 Å². The highest BCUT2D eigenvalue weighted by Gasteiger charge is 2.22. The molecule has 0 unspecified atom stereocenters. The first-order valence-electron chi connectivity index (χ1n) is 7.06. The zero-order valence-electron chi connectivity index (χ0n) is 12.5. The lowest BCUT2D eigenvalue weighted by Gasteiger charge is -2.01. The van der Waals surface area contributed by atoms with Crippen LogP contribution in [0.4, 0.5) is 0 Å². The molecule has 1 aromatic heterocycles. The van der Waals surface area contributed by atoms with Crippen LogP contribution in [0.3, 0.4) is 0 Å². The molecule has 0 aliphatic rings. The van der Waals surface area contributed by atoms with Crippen LogP contribution in [0.5, 0.6) is 0 Å². The van der Waals surface area contributed by atoms with E-state index >= 15 is 0 Å². The molecule has 102 valence electrons. The molecule has 0 bridgehead atoms. The van der Waals surface area contributed by atoms with Crippen LogP contribution < -0.4 is 4.57 Å². The van der Waals surface area contributed by atoms with Gasteiger partial charge in [0.15, 0.2) is 0 Å². The van der Waals surface area contributed by atoms with Gasteiger partial charge in [-0.15, -0.1) is 0 Å². The van der Waals surface area contributed by atoms with E-state index in [0.29, 0.717) is 5.92 Å². The van der Waals surface area contributed by atoms with E-state index in [1.54, 1.807) is 0 Å². The molecule has 0 fully saturated rings. The van der Waals surface area contributed by atoms with Gasteiger partial charge < -0.3 is 4.42 Å². The quantitative estimate of drug-likeness (QED) is 0.630. The number of nitrogens with zero attached hydrogens (tertiary/aromatic N) is 1. The summed E-state index contributed by atoms with van der Waals surface area (Å²) < 4.78 is 8.21. The Labute approximate surface area is 119 Å². The molecule has 2 aromatic carbocycles. The summed E-state index contributed by atoms with van der Waals surface area (Å²) in [4.78, 5) is 0. The molecule has 0 aliphatic heterocycles. The molecule has 0 aliphatic carbocycles. The van der Waals surface area contributed by atoms with Crippen LogP contribution in [-0.2, 0) is 7.05 Å². The van der Waals surface area contributed by atoms with Crippen LogP contribution in [0.2, 0.25) is 0 Å². The summed E-state index contributed by atoms with van der Waals surface area (Å²) in [6.07, 6.45) is 0. The molecule has 3 rings (SSSR count). The van der Waals surface area contributed by atoms with Gasteiger partial charge in [0, 0.05) is 6.07 Å². The second kappa shape index (κ2) is 4.78. The van der Waals surface area contributed by atoms with Crippen molar-refractivity contribution >= 4 is 11.1 Å². The Hall–Kier alpha value is -2.09. The SMILES string of the molecule is Cc1ccccc1-c1oc2ccc(C(C)C)cc2[n+]1C. The third-order valence-electron chi connectivity index (χ3n) is 3.90. The topological polar surface area (TPSA) is 17.0 Å². The number of hydrogen-bond donors (Lipinski definition) is 0. The van der Waals surface area contributed by atoms with Crippen molar-refractivity contribution in [2.75, 3.05) is 0 Å². The number of benzene rings is 2. The van der Waals surface area contributed by atoms with Crippen molar-refractivity contribution < 1.29 is 8.98 Å². The lowest BCUT2D eigenvalue weighted by atomic mass is 10.0. The zero-order chi connectivity index (χ0) is 14.3. The highest BCUT2D eigenvalue weighted by Crippen LogP contribution is 2.26. The van der Waals surface area contributed by atoms with Gasteiger partial charge in [0.05, 0.1) is 5.56 Å². The molecule has 2 heteroatoms. The number of oxazole rings is 1. The molecule has 3 aromatic rings. The van der Waals surface area contributed by atoms with Crippen molar-refractivity contribution in [2.24, 2.45) is 7.05 Å². The number of rotatable bonds is 2. The van der Waals surface area contributed by atoms with Crippen LogP contribution in [0, 0.1) is 6.92 Å². The molecule has 0 spiro atoms. The predicted molar refractivity (Wildman–Crippen MR) is 81.7 cm³/mol. The van der Waals surface area contributed by atoms with E-state index in [1.807, 2.05) is 0 Å². The van der Waals surface area contributed by atoms with Gasteiger partial charge in [-0.05, 0) is 36.1 Å². The first-order valence-corrected chi connectivity index (χ1v) is 7.06. The van der Waals surface area contributed by atoms with Crippen LogP contribution in [-0.4, -0.2) is 0 Å². The summed E-state index contributed by atoms with van der Waals surface area (Å²) in [6.45, 7) is 6.54. The Morgan fingerprint density at radius 3 is 2.50 bits per heavy atom. The number of aromatic nitrogens is 1. The second-order valence-electron chi connectivity index (χ2n) is 5.66. The molecule has 1 heterocycles. The molecule has 0 saturated carbocycles. The van der Waals surface area contributed by atoms with Crippen molar-refractivity contribution in [3.63, 3.8) is 0 Å². The minimum atomic E-state index is 0.524. The van der Waals surface area contributed by atoms with E-state index in [4.69, 9.17) is 4.42 Å². The average Bonchev–Trinajstić information content (AvgIpc) is 2.76. The third-order valence-corrected chi connectivity index (χ3v) is 3.90. The van der Waals surface area contributed by atoms with Gasteiger partial charge in [0.25, 0.3) is 5.52 Å². The Balaban J connectivity index is 2.24. The number of fused-ring (bicyclic) bond motifs is 1. The molecular weight excluding hydrogens is 246 g/mol. The van der Waals surface area contributed by atoms with Gasteiger partial charge in [0.1, 0.15) is 7.05 Å². The minimum Gasteiger partial charge on any atom is -0.398 e. The van der Waals surface area contributed by atoms with E-state index in [-0.39, 0.29) is 0 Å². The average molecular weight is 266 g/mol. The van der Waals surface area contributed by atoms with Crippen molar-refractivity contribution in [1.82, 2.24) is 0 Å². The van der Waals surface area contributed by atoms with E-state index in [2.05, 4.69) is 74.9 Å². The first-order chi connectivity index (χ1) is 9.58. The largest absolute Gasteiger partial charge is 0.398 e. The van der Waals surface area contributed by atoms with Crippen LogP contribution in [0.25, 0.3) is 22.6 Å². The Bertz CT molecular complexity index is 768. The molecule has 0 radical (unpaired) electrons. The third kappa shape index (κ3) is 2.01. The Morgan fingerprint density at radius 2 is 1.80 bits per heavy atom. The molecular formula is C18H20NO+. The number of aryl methyl sites for hydroxylation is 2. The van der Waals surface area contributed by atoms with E-state index < -0.39 is 0 Å².